The fourth-order valence-corrected chi connectivity index (χ4v) is 2.94. The van der Waals surface area contributed by atoms with Crippen molar-refractivity contribution in [1.82, 2.24) is 19.9 Å². The van der Waals surface area contributed by atoms with Gasteiger partial charge in [0.25, 0.3) is 0 Å². The molecule has 0 amide bonds. The maximum absolute atomic E-state index is 5.64. The summed E-state index contributed by atoms with van der Waals surface area (Å²) in [4.78, 5) is 14.9. The molecule has 130 valence electrons. The minimum absolute atomic E-state index is 0.395. The zero-order chi connectivity index (χ0) is 18.1. The zero-order valence-corrected chi connectivity index (χ0v) is 14.8. The van der Waals surface area contributed by atoms with Gasteiger partial charge in [0.2, 0.25) is 0 Å². The van der Waals surface area contributed by atoms with Gasteiger partial charge in [-0.15, -0.1) is 0 Å². The molecule has 0 aliphatic rings. The maximum atomic E-state index is 5.64. The minimum Gasteiger partial charge on any atom is -0.369 e. The van der Waals surface area contributed by atoms with Crippen molar-refractivity contribution in [2.75, 3.05) is 5.73 Å². The number of hydrogen-bond donors (Lipinski definition) is 3. The first-order chi connectivity index (χ1) is 12.6. The molecule has 0 unspecified atom stereocenters. The number of H-pyrrole nitrogens is 2. The smallest absolute Gasteiger partial charge is 0.197 e. The molecule has 0 aliphatic carbocycles. The SMILES string of the molecule is CC(C)c1ncc(-c2ccc(-c3ccc(-c4cnc(N)[nH]4)cc3)cc2)[nH]1. The highest BCUT2D eigenvalue weighted by molar-refractivity contribution is 5.71. The van der Waals surface area contributed by atoms with E-state index in [1.54, 1.807) is 6.20 Å². The second kappa shape index (κ2) is 6.52. The van der Waals surface area contributed by atoms with Crippen LogP contribution in [0.2, 0.25) is 0 Å². The van der Waals surface area contributed by atoms with E-state index in [1.807, 2.05) is 6.20 Å². The van der Waals surface area contributed by atoms with Gasteiger partial charge in [-0.2, -0.15) is 0 Å². The van der Waals surface area contributed by atoms with E-state index < -0.39 is 0 Å². The topological polar surface area (TPSA) is 83.4 Å². The van der Waals surface area contributed by atoms with Crippen LogP contribution < -0.4 is 5.73 Å². The monoisotopic (exact) mass is 343 g/mol. The molecule has 0 spiro atoms. The van der Waals surface area contributed by atoms with E-state index in [0.717, 1.165) is 28.3 Å². The van der Waals surface area contributed by atoms with Crippen molar-refractivity contribution in [3.8, 4) is 33.6 Å². The van der Waals surface area contributed by atoms with Crippen LogP contribution in [0.4, 0.5) is 5.95 Å². The Balaban J connectivity index is 1.56. The third-order valence-electron chi connectivity index (χ3n) is 4.46. The molecule has 0 saturated carbocycles. The number of hydrogen-bond acceptors (Lipinski definition) is 3. The first-order valence-corrected chi connectivity index (χ1v) is 8.67. The van der Waals surface area contributed by atoms with Crippen LogP contribution in [0.3, 0.4) is 0 Å². The van der Waals surface area contributed by atoms with E-state index >= 15 is 0 Å². The summed E-state index contributed by atoms with van der Waals surface area (Å²) in [6, 6.07) is 16.9. The summed E-state index contributed by atoms with van der Waals surface area (Å²) in [5.41, 5.74) is 12.2. The Morgan fingerprint density at radius 3 is 1.58 bits per heavy atom. The quantitative estimate of drug-likeness (QED) is 0.496. The highest BCUT2D eigenvalue weighted by atomic mass is 15.0. The standard InChI is InChI=1S/C21H21N5/c1-13(2)20-23-11-18(25-20)16-7-3-14(4-8-16)15-5-9-17(10-6-15)19-12-24-21(22)26-19/h3-13H,1-2H3,(H,23,25)(H3,22,24,26). The number of aromatic amines is 2. The zero-order valence-electron chi connectivity index (χ0n) is 14.8. The van der Waals surface area contributed by atoms with Gasteiger partial charge >= 0.3 is 0 Å². The lowest BCUT2D eigenvalue weighted by atomic mass is 10.0. The Labute approximate surface area is 152 Å². The Morgan fingerprint density at radius 2 is 1.15 bits per heavy atom. The van der Waals surface area contributed by atoms with Gasteiger partial charge in [0.1, 0.15) is 5.82 Å². The molecule has 0 bridgehead atoms. The van der Waals surface area contributed by atoms with Gasteiger partial charge < -0.3 is 15.7 Å². The molecule has 4 rings (SSSR count). The predicted octanol–water partition coefficient (Wildman–Crippen LogP) is 4.84. The van der Waals surface area contributed by atoms with Gasteiger partial charge in [-0.3, -0.25) is 0 Å². The van der Waals surface area contributed by atoms with Crippen molar-refractivity contribution in [2.45, 2.75) is 19.8 Å². The Kier molecular flexibility index (Phi) is 4.05. The van der Waals surface area contributed by atoms with Crippen molar-refractivity contribution >= 4 is 5.95 Å². The Morgan fingerprint density at radius 1 is 0.692 bits per heavy atom. The lowest BCUT2D eigenvalue weighted by Crippen LogP contribution is -1.89. The van der Waals surface area contributed by atoms with Gasteiger partial charge in [-0.1, -0.05) is 62.4 Å². The number of aromatic nitrogens is 4. The lowest BCUT2D eigenvalue weighted by Gasteiger charge is -2.05. The third-order valence-corrected chi connectivity index (χ3v) is 4.46. The van der Waals surface area contributed by atoms with E-state index in [-0.39, 0.29) is 0 Å². The summed E-state index contributed by atoms with van der Waals surface area (Å²) in [5, 5.41) is 0. The van der Waals surface area contributed by atoms with Crippen molar-refractivity contribution in [3.63, 3.8) is 0 Å². The largest absolute Gasteiger partial charge is 0.369 e. The van der Waals surface area contributed by atoms with Crippen molar-refractivity contribution < 1.29 is 0 Å². The van der Waals surface area contributed by atoms with Gasteiger partial charge in [-0.05, 0) is 22.3 Å². The third kappa shape index (κ3) is 3.11. The summed E-state index contributed by atoms with van der Waals surface area (Å²) < 4.78 is 0. The average Bonchev–Trinajstić information content (AvgIpc) is 3.31. The molecule has 0 saturated heterocycles. The molecule has 5 heteroatoms. The van der Waals surface area contributed by atoms with Crippen LogP contribution in [0, 0.1) is 0 Å². The second-order valence-corrected chi connectivity index (χ2v) is 6.67. The van der Waals surface area contributed by atoms with Crippen molar-refractivity contribution in [3.05, 3.63) is 66.7 Å². The molecule has 2 heterocycles. The molecule has 0 aliphatic heterocycles. The van der Waals surface area contributed by atoms with E-state index in [2.05, 4.69) is 82.3 Å². The van der Waals surface area contributed by atoms with Crippen LogP contribution in [0.5, 0.6) is 0 Å². The summed E-state index contributed by atoms with van der Waals surface area (Å²) >= 11 is 0. The van der Waals surface area contributed by atoms with Gasteiger partial charge in [0, 0.05) is 5.92 Å². The number of nitrogen functional groups attached to an aromatic ring is 1. The fourth-order valence-electron chi connectivity index (χ4n) is 2.94. The minimum atomic E-state index is 0.395. The predicted molar refractivity (Wildman–Crippen MR) is 106 cm³/mol. The lowest BCUT2D eigenvalue weighted by molar-refractivity contribution is 0.795. The molecule has 0 fully saturated rings. The molecule has 2 aromatic carbocycles. The number of nitrogens with zero attached hydrogens (tertiary/aromatic N) is 2. The summed E-state index contributed by atoms with van der Waals surface area (Å²) in [6.07, 6.45) is 3.64. The number of rotatable bonds is 4. The second-order valence-electron chi connectivity index (χ2n) is 6.67. The van der Waals surface area contributed by atoms with E-state index in [4.69, 9.17) is 5.73 Å². The maximum Gasteiger partial charge on any atom is 0.197 e. The van der Waals surface area contributed by atoms with Crippen LogP contribution in [-0.4, -0.2) is 19.9 Å². The number of benzene rings is 2. The molecule has 0 atom stereocenters. The van der Waals surface area contributed by atoms with E-state index in [9.17, 15) is 0 Å². The van der Waals surface area contributed by atoms with Crippen LogP contribution in [-0.2, 0) is 0 Å². The molecule has 4 aromatic rings. The fraction of sp³-hybridized carbons (Fsp3) is 0.143. The molecular formula is C21H21N5. The molecule has 5 nitrogen and oxygen atoms in total. The number of imidazole rings is 2. The highest BCUT2D eigenvalue weighted by Crippen LogP contribution is 2.27. The van der Waals surface area contributed by atoms with Crippen molar-refractivity contribution in [2.24, 2.45) is 0 Å². The average molecular weight is 343 g/mol. The summed E-state index contributed by atoms with van der Waals surface area (Å²) in [6.45, 7) is 4.26. The van der Waals surface area contributed by atoms with Crippen LogP contribution in [0.1, 0.15) is 25.6 Å². The molecular weight excluding hydrogens is 322 g/mol. The van der Waals surface area contributed by atoms with E-state index in [1.165, 1.54) is 11.1 Å². The first kappa shape index (κ1) is 16.1. The number of nitrogens with two attached hydrogens (primary N) is 1. The molecule has 0 radical (unpaired) electrons. The Bertz CT molecular complexity index is 1010. The van der Waals surface area contributed by atoms with Gasteiger partial charge in [0.05, 0.1) is 23.8 Å². The van der Waals surface area contributed by atoms with E-state index in [0.29, 0.717) is 11.9 Å². The highest BCUT2D eigenvalue weighted by Gasteiger charge is 2.07. The molecule has 2 aromatic heterocycles. The van der Waals surface area contributed by atoms with Crippen molar-refractivity contribution in [1.29, 1.82) is 0 Å². The first-order valence-electron chi connectivity index (χ1n) is 8.67. The number of anilines is 1. The summed E-state index contributed by atoms with van der Waals surface area (Å²) in [7, 11) is 0. The van der Waals surface area contributed by atoms with Crippen LogP contribution in [0.25, 0.3) is 33.6 Å². The molecule has 26 heavy (non-hydrogen) atoms. The molecule has 4 N–H and O–H groups in total. The normalized spacial score (nSPS) is 11.2. The summed E-state index contributed by atoms with van der Waals surface area (Å²) in [5.74, 6) is 1.84. The van der Waals surface area contributed by atoms with Crippen LogP contribution in [0.15, 0.2) is 60.9 Å². The van der Waals surface area contributed by atoms with Gasteiger partial charge in [-0.25, -0.2) is 9.97 Å². The van der Waals surface area contributed by atoms with Gasteiger partial charge in [0.15, 0.2) is 5.95 Å². The van der Waals surface area contributed by atoms with Crippen LogP contribution >= 0.6 is 0 Å². The Hall–Kier alpha value is -3.34. The number of nitrogens with one attached hydrogen (secondary N) is 2.